The van der Waals surface area contributed by atoms with E-state index in [9.17, 15) is 0 Å². The molecule has 0 fully saturated rings. The van der Waals surface area contributed by atoms with E-state index in [1.807, 2.05) is 13.0 Å². The SMILES string of the molecule is C=CCCCCCC(NN)C(OCC)C(C)C. The summed E-state index contributed by atoms with van der Waals surface area (Å²) in [6.07, 6.45) is 8.04. The standard InChI is InChI=1S/C14H30N2O/c1-5-7-8-9-10-11-13(16-15)14(12(3)4)17-6-2/h5,12-14,16H,1,6-11,15H2,2-4H3. The smallest absolute Gasteiger partial charge is 0.0764 e. The van der Waals surface area contributed by atoms with Crippen LogP contribution in [0.1, 0.15) is 52.9 Å². The van der Waals surface area contributed by atoms with Gasteiger partial charge in [0.15, 0.2) is 0 Å². The Morgan fingerprint density at radius 1 is 1.29 bits per heavy atom. The molecule has 0 amide bonds. The van der Waals surface area contributed by atoms with Gasteiger partial charge in [-0.15, -0.1) is 6.58 Å². The minimum Gasteiger partial charge on any atom is -0.377 e. The number of rotatable bonds is 11. The van der Waals surface area contributed by atoms with Crippen molar-refractivity contribution in [3.8, 4) is 0 Å². The molecular weight excluding hydrogens is 212 g/mol. The van der Waals surface area contributed by atoms with Crippen LogP contribution in [0.4, 0.5) is 0 Å². The van der Waals surface area contributed by atoms with Crippen LogP contribution in [0.5, 0.6) is 0 Å². The molecule has 3 nitrogen and oxygen atoms in total. The Balaban J connectivity index is 3.96. The molecule has 102 valence electrons. The fourth-order valence-electron chi connectivity index (χ4n) is 2.14. The van der Waals surface area contributed by atoms with E-state index in [2.05, 4.69) is 25.9 Å². The first-order valence-electron chi connectivity index (χ1n) is 6.85. The van der Waals surface area contributed by atoms with Crippen molar-refractivity contribution in [2.75, 3.05) is 6.61 Å². The normalized spacial score (nSPS) is 14.9. The lowest BCUT2D eigenvalue weighted by molar-refractivity contribution is 0.000875. The summed E-state index contributed by atoms with van der Waals surface area (Å²) in [6, 6.07) is 0.263. The number of hydrogen-bond donors (Lipinski definition) is 2. The molecule has 0 bridgehead atoms. The van der Waals surface area contributed by atoms with Crippen molar-refractivity contribution in [1.82, 2.24) is 5.43 Å². The molecule has 0 heterocycles. The van der Waals surface area contributed by atoms with Crippen LogP contribution in [0.3, 0.4) is 0 Å². The topological polar surface area (TPSA) is 47.3 Å². The molecule has 0 saturated carbocycles. The largest absolute Gasteiger partial charge is 0.377 e. The van der Waals surface area contributed by atoms with Crippen molar-refractivity contribution in [3.63, 3.8) is 0 Å². The second kappa shape index (κ2) is 10.8. The van der Waals surface area contributed by atoms with Crippen LogP contribution >= 0.6 is 0 Å². The highest BCUT2D eigenvalue weighted by Gasteiger charge is 2.23. The zero-order valence-corrected chi connectivity index (χ0v) is 11.7. The minimum atomic E-state index is 0.212. The number of hydrogen-bond acceptors (Lipinski definition) is 3. The molecule has 0 spiro atoms. The van der Waals surface area contributed by atoms with Crippen molar-refractivity contribution in [2.24, 2.45) is 11.8 Å². The van der Waals surface area contributed by atoms with Crippen molar-refractivity contribution < 1.29 is 4.74 Å². The highest BCUT2D eigenvalue weighted by atomic mass is 16.5. The second-order valence-electron chi connectivity index (χ2n) is 4.86. The van der Waals surface area contributed by atoms with Gasteiger partial charge in [-0.2, -0.15) is 0 Å². The molecule has 2 atom stereocenters. The number of unbranched alkanes of at least 4 members (excludes halogenated alkanes) is 3. The maximum Gasteiger partial charge on any atom is 0.0764 e. The second-order valence-corrected chi connectivity index (χ2v) is 4.86. The summed E-state index contributed by atoms with van der Waals surface area (Å²) in [7, 11) is 0. The van der Waals surface area contributed by atoms with Crippen molar-refractivity contribution >= 4 is 0 Å². The van der Waals surface area contributed by atoms with Crippen molar-refractivity contribution in [3.05, 3.63) is 12.7 Å². The van der Waals surface area contributed by atoms with Gasteiger partial charge in [0.1, 0.15) is 0 Å². The molecule has 0 aromatic carbocycles. The van der Waals surface area contributed by atoms with E-state index >= 15 is 0 Å². The average Bonchev–Trinajstić information content (AvgIpc) is 2.31. The number of nitrogens with two attached hydrogens (primary N) is 1. The third-order valence-electron chi connectivity index (χ3n) is 3.05. The molecule has 0 aliphatic rings. The Kier molecular flexibility index (Phi) is 10.5. The molecule has 3 N–H and O–H groups in total. The van der Waals surface area contributed by atoms with Crippen LogP contribution in [0, 0.1) is 5.92 Å². The Morgan fingerprint density at radius 2 is 2.00 bits per heavy atom. The Labute approximate surface area is 107 Å². The van der Waals surface area contributed by atoms with Crippen LogP contribution < -0.4 is 11.3 Å². The summed E-state index contributed by atoms with van der Waals surface area (Å²) in [5.74, 6) is 6.13. The minimum absolute atomic E-state index is 0.212. The molecule has 0 saturated heterocycles. The zero-order valence-electron chi connectivity index (χ0n) is 11.7. The van der Waals surface area contributed by atoms with Crippen LogP contribution in [-0.2, 0) is 4.74 Å². The van der Waals surface area contributed by atoms with E-state index < -0.39 is 0 Å². The van der Waals surface area contributed by atoms with Gasteiger partial charge < -0.3 is 4.74 Å². The predicted octanol–water partition coefficient (Wildman–Crippen LogP) is 3.02. The summed E-state index contributed by atoms with van der Waals surface area (Å²) >= 11 is 0. The Morgan fingerprint density at radius 3 is 2.47 bits per heavy atom. The average molecular weight is 242 g/mol. The van der Waals surface area contributed by atoms with E-state index in [4.69, 9.17) is 10.6 Å². The maximum absolute atomic E-state index is 5.78. The molecule has 0 aliphatic carbocycles. The lowest BCUT2D eigenvalue weighted by Gasteiger charge is -2.29. The fraction of sp³-hybridized carbons (Fsp3) is 0.857. The highest BCUT2D eigenvalue weighted by Crippen LogP contribution is 2.16. The van der Waals surface area contributed by atoms with E-state index in [1.54, 1.807) is 0 Å². The number of nitrogens with one attached hydrogen (secondary N) is 1. The molecule has 0 aromatic rings. The van der Waals surface area contributed by atoms with Gasteiger partial charge in [-0.3, -0.25) is 11.3 Å². The third-order valence-corrected chi connectivity index (χ3v) is 3.05. The molecule has 17 heavy (non-hydrogen) atoms. The lowest BCUT2D eigenvalue weighted by Crippen LogP contribution is -2.47. The first-order valence-corrected chi connectivity index (χ1v) is 6.85. The summed E-state index contributed by atoms with van der Waals surface area (Å²) in [5, 5.41) is 0. The van der Waals surface area contributed by atoms with Gasteiger partial charge >= 0.3 is 0 Å². The first kappa shape index (κ1) is 16.6. The molecular formula is C14H30N2O. The molecule has 0 rings (SSSR count). The van der Waals surface area contributed by atoms with Crippen molar-refractivity contribution in [2.45, 2.75) is 65.0 Å². The first-order chi connectivity index (χ1) is 8.17. The van der Waals surface area contributed by atoms with Gasteiger partial charge in [0.2, 0.25) is 0 Å². The van der Waals surface area contributed by atoms with Gasteiger partial charge in [-0.25, -0.2) is 0 Å². The Hall–Kier alpha value is -0.380. The van der Waals surface area contributed by atoms with Crippen LogP contribution in [0.25, 0.3) is 0 Å². The lowest BCUT2D eigenvalue weighted by atomic mass is 9.95. The van der Waals surface area contributed by atoms with Gasteiger partial charge in [-0.05, 0) is 32.1 Å². The summed E-state index contributed by atoms with van der Waals surface area (Å²) in [4.78, 5) is 0. The molecule has 0 aliphatic heterocycles. The molecule has 0 aromatic heterocycles. The number of ether oxygens (including phenoxy) is 1. The number of allylic oxidation sites excluding steroid dienone is 1. The zero-order chi connectivity index (χ0) is 13.1. The van der Waals surface area contributed by atoms with E-state index in [0.717, 1.165) is 19.4 Å². The monoisotopic (exact) mass is 242 g/mol. The predicted molar refractivity (Wildman–Crippen MR) is 74.6 cm³/mol. The van der Waals surface area contributed by atoms with Crippen LogP contribution in [0.15, 0.2) is 12.7 Å². The highest BCUT2D eigenvalue weighted by molar-refractivity contribution is 4.78. The van der Waals surface area contributed by atoms with E-state index in [1.165, 1.54) is 19.3 Å². The molecule has 3 heteroatoms. The quantitative estimate of drug-likeness (QED) is 0.253. The van der Waals surface area contributed by atoms with E-state index in [0.29, 0.717) is 5.92 Å². The molecule has 2 unspecified atom stereocenters. The third kappa shape index (κ3) is 7.53. The summed E-state index contributed by atoms with van der Waals surface area (Å²) < 4.78 is 5.78. The van der Waals surface area contributed by atoms with Gasteiger partial charge in [0, 0.05) is 12.6 Å². The Bertz CT molecular complexity index is 183. The van der Waals surface area contributed by atoms with Gasteiger partial charge in [0.05, 0.1) is 6.10 Å². The summed E-state index contributed by atoms with van der Waals surface area (Å²) in [5.41, 5.74) is 2.91. The van der Waals surface area contributed by atoms with Gasteiger partial charge in [0.25, 0.3) is 0 Å². The number of hydrazine groups is 1. The summed E-state index contributed by atoms with van der Waals surface area (Å²) in [6.45, 7) is 10.9. The van der Waals surface area contributed by atoms with Crippen molar-refractivity contribution in [1.29, 1.82) is 0 Å². The fourth-order valence-corrected chi connectivity index (χ4v) is 2.14. The van der Waals surface area contributed by atoms with Gasteiger partial charge in [-0.1, -0.05) is 32.8 Å². The maximum atomic E-state index is 5.78. The van der Waals surface area contributed by atoms with Crippen LogP contribution in [0.2, 0.25) is 0 Å². The van der Waals surface area contributed by atoms with Crippen LogP contribution in [-0.4, -0.2) is 18.8 Å². The molecule has 0 radical (unpaired) electrons. The van der Waals surface area contributed by atoms with E-state index in [-0.39, 0.29) is 12.1 Å².